The molecule has 0 aliphatic heterocycles. The molecule has 0 heterocycles. The Morgan fingerprint density at radius 3 is 1.35 bits per heavy atom. The Kier molecular flexibility index (Phi) is 18.3. The van der Waals surface area contributed by atoms with Crippen LogP contribution in [0.5, 0.6) is 23.0 Å². The predicted molar refractivity (Wildman–Crippen MR) is 231 cm³/mol. The van der Waals surface area contributed by atoms with Gasteiger partial charge < -0.3 is 28.4 Å². The highest BCUT2D eigenvalue weighted by Gasteiger charge is 2.23. The number of unbranched alkanes of at least 4 members (excludes halogenated alkanes) is 8. The number of halogens is 1. The van der Waals surface area contributed by atoms with Crippen LogP contribution in [0.2, 0.25) is 0 Å². The maximum absolute atomic E-state index is 13.0. The van der Waals surface area contributed by atoms with E-state index in [0.717, 1.165) is 90.2 Å². The standard InChI is InChI=1S/C48H57BrO8/c1-3-5-7-9-17-27-45(50)56-39(32-52-37-21-13-11-14-22-37)34-54-47-41-25-19-20-26-42(41)48(44-31-36(49)29-30-43(44)47)55-35-40(33-53-38-23-15-12-16-24-38)57-46(51)28-18-10-8-6-4-2/h11-16,19-26,29-31,39-40H,3-10,17-18,27-28,32-35H2,1-2H3. The van der Waals surface area contributed by atoms with E-state index in [1.165, 1.54) is 0 Å². The van der Waals surface area contributed by atoms with Gasteiger partial charge in [0, 0.05) is 38.9 Å². The predicted octanol–water partition coefficient (Wildman–Crippen LogP) is 12.2. The third kappa shape index (κ3) is 14.3. The molecule has 0 aliphatic carbocycles. The number of hydrogen-bond acceptors (Lipinski definition) is 8. The van der Waals surface area contributed by atoms with Crippen molar-refractivity contribution < 1.29 is 38.0 Å². The van der Waals surface area contributed by atoms with Crippen LogP contribution in [0, 0.1) is 0 Å². The fourth-order valence-electron chi connectivity index (χ4n) is 6.61. The summed E-state index contributed by atoms with van der Waals surface area (Å²) >= 11 is 3.67. The zero-order chi connectivity index (χ0) is 40.1. The molecular formula is C48H57BrO8. The lowest BCUT2D eigenvalue weighted by molar-refractivity contribution is -0.153. The van der Waals surface area contributed by atoms with Gasteiger partial charge in [-0.3, -0.25) is 9.59 Å². The quantitative estimate of drug-likeness (QED) is 0.0309. The van der Waals surface area contributed by atoms with Gasteiger partial charge >= 0.3 is 11.9 Å². The number of esters is 2. The van der Waals surface area contributed by atoms with Gasteiger partial charge in [0.05, 0.1) is 0 Å². The molecule has 5 aromatic carbocycles. The van der Waals surface area contributed by atoms with E-state index >= 15 is 0 Å². The third-order valence-corrected chi connectivity index (χ3v) is 10.1. The van der Waals surface area contributed by atoms with Crippen molar-refractivity contribution in [2.75, 3.05) is 26.4 Å². The average molecular weight is 842 g/mol. The Morgan fingerprint density at radius 2 is 0.877 bits per heavy atom. The second-order valence-corrected chi connectivity index (χ2v) is 15.2. The Bertz CT molecular complexity index is 1950. The van der Waals surface area contributed by atoms with Gasteiger partial charge in [-0.2, -0.15) is 0 Å². The van der Waals surface area contributed by atoms with Crippen molar-refractivity contribution in [2.45, 2.75) is 103 Å². The van der Waals surface area contributed by atoms with Gasteiger partial charge in [0.25, 0.3) is 0 Å². The topological polar surface area (TPSA) is 89.5 Å². The maximum Gasteiger partial charge on any atom is 0.306 e. The number of rotatable bonds is 26. The lowest BCUT2D eigenvalue weighted by Gasteiger charge is -2.23. The molecule has 5 rings (SSSR count). The number of carbonyl (C=O) groups excluding carboxylic acids is 2. The van der Waals surface area contributed by atoms with Crippen LogP contribution in [0.25, 0.3) is 21.5 Å². The van der Waals surface area contributed by atoms with Gasteiger partial charge in [0.2, 0.25) is 0 Å². The Balaban J connectivity index is 1.37. The van der Waals surface area contributed by atoms with Gasteiger partial charge in [-0.05, 0) is 55.3 Å². The summed E-state index contributed by atoms with van der Waals surface area (Å²) in [5, 5.41) is 3.28. The SMILES string of the molecule is CCCCCCCC(=O)OC(COc1ccccc1)COc1c2ccccc2c(OCC(COc2ccccc2)OC(=O)CCCCCCC)c2cc(Br)ccc12. The van der Waals surface area contributed by atoms with Gasteiger partial charge in [-0.1, -0.05) is 142 Å². The molecule has 0 saturated heterocycles. The van der Waals surface area contributed by atoms with Crippen molar-refractivity contribution >= 4 is 49.4 Å². The van der Waals surface area contributed by atoms with Crippen LogP contribution in [0.3, 0.4) is 0 Å². The molecule has 0 bridgehead atoms. The Hall–Kier alpha value is -4.76. The largest absolute Gasteiger partial charge is 0.490 e. The second kappa shape index (κ2) is 24.1. The molecule has 0 saturated carbocycles. The van der Waals surface area contributed by atoms with Crippen molar-refractivity contribution in [1.29, 1.82) is 0 Å². The molecule has 0 radical (unpaired) electrons. The van der Waals surface area contributed by atoms with E-state index in [-0.39, 0.29) is 38.4 Å². The molecule has 0 spiro atoms. The fraction of sp³-hybridized carbons (Fsp3) is 0.417. The van der Waals surface area contributed by atoms with Crippen LogP contribution < -0.4 is 18.9 Å². The van der Waals surface area contributed by atoms with Gasteiger partial charge in [-0.15, -0.1) is 0 Å². The smallest absolute Gasteiger partial charge is 0.306 e. The summed E-state index contributed by atoms with van der Waals surface area (Å²) in [7, 11) is 0. The van der Waals surface area contributed by atoms with Gasteiger partial charge in [0.1, 0.15) is 49.4 Å². The zero-order valence-corrected chi connectivity index (χ0v) is 35.0. The van der Waals surface area contributed by atoms with Crippen LogP contribution in [-0.4, -0.2) is 50.6 Å². The highest BCUT2D eigenvalue weighted by molar-refractivity contribution is 9.10. The molecule has 304 valence electrons. The van der Waals surface area contributed by atoms with Crippen molar-refractivity contribution in [3.05, 3.63) is 108 Å². The lowest BCUT2D eigenvalue weighted by atomic mass is 10.0. The average Bonchev–Trinajstić information content (AvgIpc) is 3.23. The molecule has 0 aromatic heterocycles. The van der Waals surface area contributed by atoms with Gasteiger partial charge in [0.15, 0.2) is 12.2 Å². The second-order valence-electron chi connectivity index (χ2n) is 14.3. The van der Waals surface area contributed by atoms with E-state index in [0.29, 0.717) is 35.8 Å². The number of fused-ring (bicyclic) bond motifs is 2. The van der Waals surface area contributed by atoms with Crippen molar-refractivity contribution in [2.24, 2.45) is 0 Å². The first-order chi connectivity index (χ1) is 27.9. The molecule has 57 heavy (non-hydrogen) atoms. The van der Waals surface area contributed by atoms with Gasteiger partial charge in [-0.25, -0.2) is 0 Å². The molecule has 0 aliphatic rings. The monoisotopic (exact) mass is 840 g/mol. The van der Waals surface area contributed by atoms with Crippen molar-refractivity contribution in [3.8, 4) is 23.0 Å². The van der Waals surface area contributed by atoms with E-state index in [2.05, 4.69) is 29.8 Å². The van der Waals surface area contributed by atoms with Crippen molar-refractivity contribution in [3.63, 3.8) is 0 Å². The highest BCUT2D eigenvalue weighted by atomic mass is 79.9. The van der Waals surface area contributed by atoms with E-state index in [4.69, 9.17) is 28.4 Å². The third-order valence-electron chi connectivity index (χ3n) is 9.64. The Labute approximate surface area is 346 Å². The number of benzene rings is 5. The minimum Gasteiger partial charge on any atom is -0.490 e. The zero-order valence-electron chi connectivity index (χ0n) is 33.4. The van der Waals surface area contributed by atoms with Crippen LogP contribution >= 0.6 is 15.9 Å². The minimum atomic E-state index is -0.656. The highest BCUT2D eigenvalue weighted by Crippen LogP contribution is 2.44. The first-order valence-electron chi connectivity index (χ1n) is 20.6. The summed E-state index contributed by atoms with van der Waals surface area (Å²) in [6.45, 7) is 4.78. The summed E-state index contributed by atoms with van der Waals surface area (Å²) < 4.78 is 38.3. The van der Waals surface area contributed by atoms with E-state index in [1.54, 1.807) is 0 Å². The number of para-hydroxylation sites is 2. The molecule has 5 aromatic rings. The lowest BCUT2D eigenvalue weighted by Crippen LogP contribution is -2.31. The molecule has 0 N–H and O–H groups in total. The minimum absolute atomic E-state index is 0.0769. The molecule has 2 atom stereocenters. The number of carbonyl (C=O) groups is 2. The summed E-state index contributed by atoms with van der Waals surface area (Å²) in [6, 6.07) is 32.8. The van der Waals surface area contributed by atoms with E-state index in [1.807, 2.05) is 103 Å². The number of ether oxygens (including phenoxy) is 6. The van der Waals surface area contributed by atoms with Crippen molar-refractivity contribution in [1.82, 2.24) is 0 Å². The normalized spacial score (nSPS) is 12.2. The first kappa shape index (κ1) is 43.4. The molecular weight excluding hydrogens is 784 g/mol. The fourth-order valence-corrected chi connectivity index (χ4v) is 6.98. The Morgan fingerprint density at radius 1 is 0.474 bits per heavy atom. The molecule has 8 nitrogen and oxygen atoms in total. The molecule has 9 heteroatoms. The van der Waals surface area contributed by atoms with Crippen LogP contribution in [0.1, 0.15) is 90.9 Å². The van der Waals surface area contributed by atoms with Crippen LogP contribution in [-0.2, 0) is 19.1 Å². The summed E-state index contributed by atoms with van der Waals surface area (Å²) in [5.74, 6) is 2.12. The summed E-state index contributed by atoms with van der Waals surface area (Å²) in [6.07, 6.45) is 9.78. The summed E-state index contributed by atoms with van der Waals surface area (Å²) in [5.41, 5.74) is 0. The number of hydrogen-bond donors (Lipinski definition) is 0. The summed E-state index contributed by atoms with van der Waals surface area (Å²) in [4.78, 5) is 26.1. The molecule has 0 amide bonds. The first-order valence-corrected chi connectivity index (χ1v) is 21.4. The van der Waals surface area contributed by atoms with Crippen LogP contribution in [0.4, 0.5) is 0 Å². The van der Waals surface area contributed by atoms with Crippen LogP contribution in [0.15, 0.2) is 108 Å². The van der Waals surface area contributed by atoms with E-state index < -0.39 is 12.2 Å². The molecule has 0 fully saturated rings. The van der Waals surface area contributed by atoms with E-state index in [9.17, 15) is 9.59 Å². The molecule has 2 unspecified atom stereocenters. The maximum atomic E-state index is 13.0.